The van der Waals surface area contributed by atoms with Crippen LogP contribution in [0.25, 0.3) is 0 Å². The first-order valence-electron chi connectivity index (χ1n) is 6.35. The van der Waals surface area contributed by atoms with E-state index in [1.54, 1.807) is 0 Å². The quantitative estimate of drug-likeness (QED) is 0.904. The molecular formula is C16H14BrNO. The molecule has 3 rings (SSSR count). The van der Waals surface area contributed by atoms with Crippen LogP contribution in [0.2, 0.25) is 0 Å². The van der Waals surface area contributed by atoms with Crippen LogP contribution in [-0.2, 0) is 4.79 Å². The fraction of sp³-hybridized carbons (Fsp3) is 0.188. The van der Waals surface area contributed by atoms with E-state index in [4.69, 9.17) is 0 Å². The second-order valence-corrected chi connectivity index (χ2v) is 5.77. The third kappa shape index (κ3) is 2.87. The van der Waals surface area contributed by atoms with Gasteiger partial charge in [0.2, 0.25) is 5.91 Å². The van der Waals surface area contributed by atoms with Crippen molar-refractivity contribution in [2.24, 2.45) is 5.92 Å². The topological polar surface area (TPSA) is 29.1 Å². The Morgan fingerprint density at radius 2 is 1.74 bits per heavy atom. The summed E-state index contributed by atoms with van der Waals surface area (Å²) in [6.45, 7) is 0. The summed E-state index contributed by atoms with van der Waals surface area (Å²) < 4.78 is 1.01. The number of amides is 1. The predicted octanol–water partition coefficient (Wildman–Crippen LogP) is 4.19. The van der Waals surface area contributed by atoms with E-state index in [1.807, 2.05) is 42.5 Å². The minimum atomic E-state index is 0.117. The van der Waals surface area contributed by atoms with E-state index < -0.39 is 0 Å². The number of nitrogens with one attached hydrogen (secondary N) is 1. The summed E-state index contributed by atoms with van der Waals surface area (Å²) >= 11 is 3.38. The zero-order valence-electron chi connectivity index (χ0n) is 10.3. The van der Waals surface area contributed by atoms with Gasteiger partial charge in [0, 0.05) is 16.1 Å². The predicted molar refractivity (Wildman–Crippen MR) is 80.1 cm³/mol. The van der Waals surface area contributed by atoms with Crippen molar-refractivity contribution in [2.45, 2.75) is 12.3 Å². The Labute approximate surface area is 121 Å². The van der Waals surface area contributed by atoms with Crippen molar-refractivity contribution >= 4 is 27.5 Å². The summed E-state index contributed by atoms with van der Waals surface area (Å²) in [7, 11) is 0. The van der Waals surface area contributed by atoms with Crippen LogP contribution >= 0.6 is 15.9 Å². The fourth-order valence-corrected chi connectivity index (χ4v) is 2.59. The number of carbonyl (C=O) groups is 1. The second-order valence-electron chi connectivity index (χ2n) is 4.86. The zero-order valence-corrected chi connectivity index (χ0v) is 11.9. The highest BCUT2D eigenvalue weighted by Gasteiger charge is 2.43. The van der Waals surface area contributed by atoms with Gasteiger partial charge in [0.1, 0.15) is 0 Å². The number of halogens is 1. The molecule has 0 heterocycles. The lowest BCUT2D eigenvalue weighted by Gasteiger charge is -2.05. The van der Waals surface area contributed by atoms with Crippen molar-refractivity contribution in [1.29, 1.82) is 0 Å². The lowest BCUT2D eigenvalue weighted by molar-refractivity contribution is -0.117. The summed E-state index contributed by atoms with van der Waals surface area (Å²) in [6.07, 6.45) is 0.951. The van der Waals surface area contributed by atoms with Gasteiger partial charge in [0.25, 0.3) is 0 Å². The smallest absolute Gasteiger partial charge is 0.228 e. The number of benzene rings is 2. The van der Waals surface area contributed by atoms with Gasteiger partial charge < -0.3 is 5.32 Å². The zero-order chi connectivity index (χ0) is 13.2. The Kier molecular flexibility index (Phi) is 3.38. The van der Waals surface area contributed by atoms with Gasteiger partial charge in [-0.3, -0.25) is 4.79 Å². The van der Waals surface area contributed by atoms with E-state index in [0.29, 0.717) is 5.92 Å². The van der Waals surface area contributed by atoms with Gasteiger partial charge in [-0.2, -0.15) is 0 Å². The summed E-state index contributed by atoms with van der Waals surface area (Å²) in [4.78, 5) is 12.1. The molecule has 0 radical (unpaired) electrons. The molecule has 1 aliphatic rings. The van der Waals surface area contributed by atoms with E-state index in [-0.39, 0.29) is 11.8 Å². The highest BCUT2D eigenvalue weighted by atomic mass is 79.9. The third-order valence-electron chi connectivity index (χ3n) is 3.47. The molecule has 0 spiro atoms. The Balaban J connectivity index is 1.63. The highest BCUT2D eigenvalue weighted by Crippen LogP contribution is 2.47. The van der Waals surface area contributed by atoms with Crippen molar-refractivity contribution in [1.82, 2.24) is 0 Å². The molecule has 0 aromatic heterocycles. The standard InChI is InChI=1S/C16H14BrNO/c17-12-6-8-13(9-7-12)18-16(19)15-10-14(15)11-4-2-1-3-5-11/h1-9,14-15H,10H2,(H,18,19)/t14-,15+/m1/s1. The molecular weight excluding hydrogens is 302 g/mol. The first kappa shape index (κ1) is 12.4. The average molecular weight is 316 g/mol. The minimum Gasteiger partial charge on any atom is -0.326 e. The summed E-state index contributed by atoms with van der Waals surface area (Å²) in [5.74, 6) is 0.624. The summed E-state index contributed by atoms with van der Waals surface area (Å²) in [5.41, 5.74) is 2.12. The summed E-state index contributed by atoms with van der Waals surface area (Å²) in [5, 5.41) is 2.97. The third-order valence-corrected chi connectivity index (χ3v) is 4.00. The Hall–Kier alpha value is -1.61. The van der Waals surface area contributed by atoms with Crippen LogP contribution in [0.3, 0.4) is 0 Å². The van der Waals surface area contributed by atoms with Gasteiger partial charge >= 0.3 is 0 Å². The molecule has 0 bridgehead atoms. The fourth-order valence-electron chi connectivity index (χ4n) is 2.32. The molecule has 0 saturated heterocycles. The molecule has 2 nitrogen and oxygen atoms in total. The molecule has 96 valence electrons. The number of hydrogen-bond donors (Lipinski definition) is 1. The van der Waals surface area contributed by atoms with Gasteiger partial charge in [-0.15, -0.1) is 0 Å². The molecule has 0 unspecified atom stereocenters. The van der Waals surface area contributed by atoms with Gasteiger partial charge in [0.15, 0.2) is 0 Å². The van der Waals surface area contributed by atoms with Crippen molar-refractivity contribution in [3.05, 3.63) is 64.6 Å². The molecule has 2 atom stereocenters. The van der Waals surface area contributed by atoms with Crippen molar-refractivity contribution in [3.63, 3.8) is 0 Å². The van der Waals surface area contributed by atoms with Crippen molar-refractivity contribution in [3.8, 4) is 0 Å². The molecule has 2 aromatic carbocycles. The first-order valence-corrected chi connectivity index (χ1v) is 7.15. The highest BCUT2D eigenvalue weighted by molar-refractivity contribution is 9.10. The lowest BCUT2D eigenvalue weighted by Crippen LogP contribution is -2.14. The van der Waals surface area contributed by atoms with Crippen LogP contribution < -0.4 is 5.32 Å². The molecule has 2 aromatic rings. The van der Waals surface area contributed by atoms with Crippen LogP contribution in [0.5, 0.6) is 0 Å². The van der Waals surface area contributed by atoms with E-state index in [1.165, 1.54) is 5.56 Å². The Morgan fingerprint density at radius 3 is 2.42 bits per heavy atom. The Morgan fingerprint density at radius 1 is 1.05 bits per heavy atom. The van der Waals surface area contributed by atoms with Gasteiger partial charge in [0.05, 0.1) is 0 Å². The van der Waals surface area contributed by atoms with Crippen molar-refractivity contribution in [2.75, 3.05) is 5.32 Å². The largest absolute Gasteiger partial charge is 0.326 e. The lowest BCUT2D eigenvalue weighted by atomic mass is 10.1. The molecule has 1 N–H and O–H groups in total. The van der Waals surface area contributed by atoms with E-state index in [0.717, 1.165) is 16.6 Å². The molecule has 3 heteroatoms. The minimum absolute atomic E-state index is 0.117. The molecule has 1 amide bonds. The van der Waals surface area contributed by atoms with Crippen LogP contribution in [0.4, 0.5) is 5.69 Å². The van der Waals surface area contributed by atoms with E-state index in [9.17, 15) is 4.79 Å². The normalized spacial score (nSPS) is 20.9. The van der Waals surface area contributed by atoms with Crippen molar-refractivity contribution < 1.29 is 4.79 Å². The van der Waals surface area contributed by atoms with Crippen LogP contribution in [0.15, 0.2) is 59.1 Å². The molecule has 0 aliphatic heterocycles. The maximum absolute atomic E-state index is 12.1. The van der Waals surface area contributed by atoms with Gasteiger partial charge in [-0.25, -0.2) is 0 Å². The maximum atomic E-state index is 12.1. The maximum Gasteiger partial charge on any atom is 0.228 e. The average Bonchev–Trinajstić information content (AvgIpc) is 3.23. The monoisotopic (exact) mass is 315 g/mol. The van der Waals surface area contributed by atoms with Gasteiger partial charge in [-0.1, -0.05) is 46.3 Å². The molecule has 1 fully saturated rings. The molecule has 1 aliphatic carbocycles. The van der Waals surface area contributed by atoms with E-state index >= 15 is 0 Å². The number of anilines is 1. The van der Waals surface area contributed by atoms with Crippen LogP contribution in [0.1, 0.15) is 17.9 Å². The number of rotatable bonds is 3. The Bertz CT molecular complexity index is 579. The van der Waals surface area contributed by atoms with Crippen LogP contribution in [-0.4, -0.2) is 5.91 Å². The second kappa shape index (κ2) is 5.17. The van der Waals surface area contributed by atoms with Gasteiger partial charge in [-0.05, 0) is 42.2 Å². The SMILES string of the molecule is O=C(Nc1ccc(Br)cc1)[C@H]1C[C@@H]1c1ccccc1. The van der Waals surface area contributed by atoms with Crippen LogP contribution in [0, 0.1) is 5.92 Å². The summed E-state index contributed by atoms with van der Waals surface area (Å²) in [6, 6.07) is 17.9. The first-order chi connectivity index (χ1) is 9.24. The number of carbonyl (C=O) groups excluding carboxylic acids is 1. The molecule has 1 saturated carbocycles. The molecule has 19 heavy (non-hydrogen) atoms. The van der Waals surface area contributed by atoms with E-state index in [2.05, 4.69) is 33.4 Å². The number of hydrogen-bond acceptors (Lipinski definition) is 1.